The van der Waals surface area contributed by atoms with Gasteiger partial charge in [-0.05, 0) is 30.2 Å². The SMILES string of the molecule is OC1C[C@@H]2C(OCc3ccccc3)[C@@H]2C1. The summed E-state index contributed by atoms with van der Waals surface area (Å²) in [5, 5.41) is 9.38. The minimum atomic E-state index is -0.0587. The first-order valence-corrected chi connectivity index (χ1v) is 5.68. The van der Waals surface area contributed by atoms with Gasteiger partial charge in [0.2, 0.25) is 0 Å². The second-order valence-electron chi connectivity index (χ2n) is 4.71. The maximum Gasteiger partial charge on any atom is 0.0720 e. The molecule has 0 spiro atoms. The number of fused-ring (bicyclic) bond motifs is 1. The fraction of sp³-hybridized carbons (Fsp3) is 0.538. The van der Waals surface area contributed by atoms with Gasteiger partial charge in [-0.3, -0.25) is 0 Å². The minimum absolute atomic E-state index is 0.0587. The van der Waals surface area contributed by atoms with Gasteiger partial charge in [0.05, 0.1) is 18.8 Å². The molecule has 15 heavy (non-hydrogen) atoms. The molecule has 2 fully saturated rings. The number of hydrogen-bond acceptors (Lipinski definition) is 2. The highest BCUT2D eigenvalue weighted by Gasteiger charge is 2.56. The highest BCUT2D eigenvalue weighted by atomic mass is 16.5. The zero-order valence-corrected chi connectivity index (χ0v) is 8.67. The average Bonchev–Trinajstić information content (AvgIpc) is 2.72. The van der Waals surface area contributed by atoms with E-state index in [0.29, 0.717) is 24.5 Å². The van der Waals surface area contributed by atoms with Crippen molar-refractivity contribution in [3.63, 3.8) is 0 Å². The molecule has 0 saturated heterocycles. The molecule has 0 bridgehead atoms. The molecule has 0 radical (unpaired) electrons. The Morgan fingerprint density at radius 2 is 1.80 bits per heavy atom. The summed E-state index contributed by atoms with van der Waals surface area (Å²) >= 11 is 0. The van der Waals surface area contributed by atoms with E-state index in [1.165, 1.54) is 5.56 Å². The van der Waals surface area contributed by atoms with Crippen LogP contribution in [0.15, 0.2) is 30.3 Å². The molecular formula is C13H16O2. The Bertz CT molecular complexity index is 324. The molecule has 0 amide bonds. The van der Waals surface area contributed by atoms with Crippen LogP contribution in [-0.4, -0.2) is 17.3 Å². The topological polar surface area (TPSA) is 29.5 Å². The van der Waals surface area contributed by atoms with Gasteiger partial charge in [-0.15, -0.1) is 0 Å². The van der Waals surface area contributed by atoms with E-state index in [2.05, 4.69) is 12.1 Å². The van der Waals surface area contributed by atoms with Gasteiger partial charge in [-0.2, -0.15) is 0 Å². The van der Waals surface area contributed by atoms with Crippen molar-refractivity contribution in [1.29, 1.82) is 0 Å². The molecule has 2 unspecified atom stereocenters. The standard InChI is InChI=1S/C13H16O2/c14-10-6-11-12(7-10)13(11)15-8-9-4-2-1-3-5-9/h1-5,10-14H,6-8H2/t10?,11-,12+,13?. The molecule has 1 N–H and O–H groups in total. The Hall–Kier alpha value is -0.860. The molecular weight excluding hydrogens is 188 g/mol. The molecule has 2 heteroatoms. The van der Waals surface area contributed by atoms with Crippen LogP contribution in [0.2, 0.25) is 0 Å². The molecule has 2 aliphatic rings. The first-order valence-electron chi connectivity index (χ1n) is 5.68. The van der Waals surface area contributed by atoms with E-state index in [9.17, 15) is 5.11 Å². The summed E-state index contributed by atoms with van der Waals surface area (Å²) in [5.74, 6) is 1.28. The summed E-state index contributed by atoms with van der Waals surface area (Å²) in [5.41, 5.74) is 1.24. The van der Waals surface area contributed by atoms with Gasteiger partial charge in [0.15, 0.2) is 0 Å². The van der Waals surface area contributed by atoms with Crippen molar-refractivity contribution < 1.29 is 9.84 Å². The molecule has 80 valence electrons. The van der Waals surface area contributed by atoms with E-state index in [1.807, 2.05) is 18.2 Å². The molecule has 1 aromatic carbocycles. The third-order valence-electron chi connectivity index (χ3n) is 3.63. The van der Waals surface area contributed by atoms with Crippen LogP contribution in [0.25, 0.3) is 0 Å². The van der Waals surface area contributed by atoms with Crippen LogP contribution in [0, 0.1) is 11.8 Å². The normalized spacial score (nSPS) is 37.7. The van der Waals surface area contributed by atoms with Crippen molar-refractivity contribution in [3.05, 3.63) is 35.9 Å². The van der Waals surface area contributed by atoms with Crippen molar-refractivity contribution in [2.45, 2.75) is 31.7 Å². The molecule has 2 nitrogen and oxygen atoms in total. The zero-order valence-electron chi connectivity index (χ0n) is 8.67. The van der Waals surface area contributed by atoms with Crippen molar-refractivity contribution in [2.75, 3.05) is 0 Å². The first-order chi connectivity index (χ1) is 7.34. The Morgan fingerprint density at radius 1 is 1.13 bits per heavy atom. The molecule has 0 aliphatic heterocycles. The van der Waals surface area contributed by atoms with E-state index in [-0.39, 0.29) is 6.10 Å². The Labute approximate surface area is 89.9 Å². The zero-order chi connectivity index (χ0) is 10.3. The predicted molar refractivity (Wildman–Crippen MR) is 57.2 cm³/mol. The number of ether oxygens (including phenoxy) is 1. The van der Waals surface area contributed by atoms with Crippen LogP contribution in [0.5, 0.6) is 0 Å². The van der Waals surface area contributed by atoms with Crippen molar-refractivity contribution in [2.24, 2.45) is 11.8 Å². The smallest absolute Gasteiger partial charge is 0.0720 e. The van der Waals surface area contributed by atoms with E-state index < -0.39 is 0 Å². The second kappa shape index (κ2) is 3.62. The van der Waals surface area contributed by atoms with Gasteiger partial charge in [0.25, 0.3) is 0 Å². The van der Waals surface area contributed by atoms with E-state index in [0.717, 1.165) is 12.8 Å². The summed E-state index contributed by atoms with van der Waals surface area (Å²) < 4.78 is 5.84. The molecule has 4 atom stereocenters. The fourth-order valence-electron chi connectivity index (χ4n) is 2.77. The van der Waals surface area contributed by atoms with E-state index >= 15 is 0 Å². The van der Waals surface area contributed by atoms with E-state index in [1.54, 1.807) is 0 Å². The first kappa shape index (κ1) is 9.37. The summed E-state index contributed by atoms with van der Waals surface area (Å²) in [6.45, 7) is 0.717. The maximum absolute atomic E-state index is 9.38. The second-order valence-corrected chi connectivity index (χ2v) is 4.71. The third-order valence-corrected chi connectivity index (χ3v) is 3.63. The van der Waals surface area contributed by atoms with Crippen LogP contribution < -0.4 is 0 Å². The average molecular weight is 204 g/mol. The number of hydrogen-bond donors (Lipinski definition) is 1. The quantitative estimate of drug-likeness (QED) is 0.815. The van der Waals surface area contributed by atoms with Crippen LogP contribution in [0.4, 0.5) is 0 Å². The molecule has 0 aromatic heterocycles. The lowest BCUT2D eigenvalue weighted by molar-refractivity contribution is 0.0598. The van der Waals surface area contributed by atoms with Crippen LogP contribution >= 0.6 is 0 Å². The van der Waals surface area contributed by atoms with Gasteiger partial charge < -0.3 is 9.84 Å². The number of aliphatic hydroxyl groups is 1. The van der Waals surface area contributed by atoms with Crippen LogP contribution in [0.3, 0.4) is 0 Å². The third kappa shape index (κ3) is 1.80. The molecule has 2 saturated carbocycles. The molecule has 2 aliphatic carbocycles. The van der Waals surface area contributed by atoms with Crippen molar-refractivity contribution in [1.82, 2.24) is 0 Å². The Balaban J connectivity index is 1.49. The monoisotopic (exact) mass is 204 g/mol. The molecule has 0 heterocycles. The number of rotatable bonds is 3. The lowest BCUT2D eigenvalue weighted by Gasteiger charge is -2.09. The summed E-state index contributed by atoms with van der Waals surface area (Å²) in [6, 6.07) is 10.3. The van der Waals surface area contributed by atoms with Crippen molar-refractivity contribution in [3.8, 4) is 0 Å². The number of aliphatic hydroxyl groups excluding tert-OH is 1. The lowest BCUT2D eigenvalue weighted by Crippen LogP contribution is -2.10. The number of benzene rings is 1. The molecule has 1 aromatic rings. The van der Waals surface area contributed by atoms with Gasteiger partial charge >= 0.3 is 0 Å². The maximum atomic E-state index is 9.38. The Morgan fingerprint density at radius 3 is 2.47 bits per heavy atom. The largest absolute Gasteiger partial charge is 0.393 e. The van der Waals surface area contributed by atoms with Gasteiger partial charge in [-0.1, -0.05) is 30.3 Å². The van der Waals surface area contributed by atoms with Crippen molar-refractivity contribution >= 4 is 0 Å². The Kier molecular flexibility index (Phi) is 2.26. The highest BCUT2D eigenvalue weighted by Crippen LogP contribution is 2.54. The van der Waals surface area contributed by atoms with Gasteiger partial charge in [0.1, 0.15) is 0 Å². The van der Waals surface area contributed by atoms with Crippen LogP contribution in [0.1, 0.15) is 18.4 Å². The van der Waals surface area contributed by atoms with Crippen LogP contribution in [-0.2, 0) is 11.3 Å². The fourth-order valence-corrected chi connectivity index (χ4v) is 2.77. The summed E-state index contributed by atoms with van der Waals surface area (Å²) in [4.78, 5) is 0. The highest BCUT2D eigenvalue weighted by molar-refractivity contribution is 5.14. The van der Waals surface area contributed by atoms with Gasteiger partial charge in [-0.25, -0.2) is 0 Å². The summed E-state index contributed by atoms with van der Waals surface area (Å²) in [6.07, 6.45) is 2.26. The lowest BCUT2D eigenvalue weighted by atomic mass is 10.2. The molecule has 3 rings (SSSR count). The van der Waals surface area contributed by atoms with E-state index in [4.69, 9.17) is 4.74 Å². The van der Waals surface area contributed by atoms with Gasteiger partial charge in [0, 0.05) is 0 Å². The summed E-state index contributed by atoms with van der Waals surface area (Å²) in [7, 11) is 0. The predicted octanol–water partition coefficient (Wildman–Crippen LogP) is 1.97. The minimum Gasteiger partial charge on any atom is -0.393 e.